The highest BCUT2D eigenvalue weighted by Gasteiger charge is 2.76. The number of rotatable bonds is 17. The molecule has 48 heavy (non-hydrogen) atoms. The Morgan fingerprint density at radius 2 is 1.17 bits per heavy atom. The lowest BCUT2D eigenvalue weighted by Gasteiger charge is -2.36. The summed E-state index contributed by atoms with van der Waals surface area (Å²) in [4.78, 5) is 23.0. The van der Waals surface area contributed by atoms with Gasteiger partial charge in [-0.15, -0.1) is 0 Å². The van der Waals surface area contributed by atoms with Gasteiger partial charge >= 0.3 is 60.8 Å². The van der Waals surface area contributed by atoms with E-state index < -0.39 is 119 Å². The minimum absolute atomic E-state index is 0.407. The summed E-state index contributed by atoms with van der Waals surface area (Å²) in [7, 11) is 0.407. The third-order valence-electron chi connectivity index (χ3n) is 5.03. The molecule has 0 radical (unpaired) electrons. The lowest BCUT2D eigenvalue weighted by atomic mass is 10.1. The Morgan fingerprint density at radius 3 is 1.58 bits per heavy atom. The van der Waals surface area contributed by atoms with Gasteiger partial charge in [0.25, 0.3) is 0 Å². The standard InChI is InChI=1S/C20H20F19NO8/c1-43-10(16(28,29)30)7-46-13(21,18(32,33)34)3-2-11(41)44-4-5-45-12(42)40-6-9(15(25,26)27)48-20(38,39)17(31,19(35,36)37)47-8-14(22,23)24/h9-10H,2-8H2,1H3,(H,40,42). The molecule has 4 unspecified atom stereocenters. The van der Waals surface area contributed by atoms with Crippen molar-refractivity contribution in [1.82, 2.24) is 5.32 Å². The highest BCUT2D eigenvalue weighted by atomic mass is 19.4. The Labute approximate surface area is 253 Å². The average molecular weight is 763 g/mol. The number of carbonyl (C=O) groups excluding carboxylic acids is 2. The Bertz CT molecular complexity index is 1030. The van der Waals surface area contributed by atoms with E-state index >= 15 is 0 Å². The van der Waals surface area contributed by atoms with Crippen LogP contribution in [0.25, 0.3) is 0 Å². The number of methoxy groups -OCH3 is 1. The maximum atomic E-state index is 14.3. The largest absolute Gasteiger partial charge is 0.462 e. The van der Waals surface area contributed by atoms with Gasteiger partial charge in [0.15, 0.2) is 12.2 Å². The number of esters is 1. The molecule has 9 nitrogen and oxygen atoms in total. The molecule has 0 bridgehead atoms. The van der Waals surface area contributed by atoms with E-state index in [4.69, 9.17) is 0 Å². The van der Waals surface area contributed by atoms with Crippen LogP contribution < -0.4 is 5.32 Å². The number of nitrogens with one attached hydrogen (secondary N) is 1. The summed E-state index contributed by atoms with van der Waals surface area (Å²) in [5.41, 5.74) is 0. The fourth-order valence-corrected chi connectivity index (χ4v) is 2.64. The van der Waals surface area contributed by atoms with Gasteiger partial charge in [-0.3, -0.25) is 4.79 Å². The zero-order chi connectivity index (χ0) is 38.2. The van der Waals surface area contributed by atoms with E-state index in [1.165, 1.54) is 0 Å². The minimum atomic E-state index is -7.13. The smallest absolute Gasteiger partial charge is 0.457 e. The highest BCUT2D eigenvalue weighted by Crippen LogP contribution is 2.49. The molecule has 0 aliphatic carbocycles. The van der Waals surface area contributed by atoms with Gasteiger partial charge in [0.2, 0.25) is 0 Å². The summed E-state index contributed by atoms with van der Waals surface area (Å²) in [5.74, 6) is -13.4. The number of amides is 1. The predicted octanol–water partition coefficient (Wildman–Crippen LogP) is 6.21. The molecular weight excluding hydrogens is 743 g/mol. The second kappa shape index (κ2) is 16.3. The van der Waals surface area contributed by atoms with Crippen LogP contribution in [0.3, 0.4) is 0 Å². The van der Waals surface area contributed by atoms with E-state index in [0.717, 1.165) is 5.32 Å². The zero-order valence-electron chi connectivity index (χ0n) is 23.1. The monoisotopic (exact) mass is 763 g/mol. The zero-order valence-corrected chi connectivity index (χ0v) is 23.1. The second-order valence-corrected chi connectivity index (χ2v) is 8.70. The summed E-state index contributed by atoms with van der Waals surface area (Å²) >= 11 is 0. The van der Waals surface area contributed by atoms with Crippen molar-refractivity contribution < 1.29 is 121 Å². The topological polar surface area (TPSA) is 102 Å². The number of halogens is 19. The number of alkyl halides is 19. The van der Waals surface area contributed by atoms with Gasteiger partial charge in [-0.1, -0.05) is 0 Å². The summed E-state index contributed by atoms with van der Waals surface area (Å²) in [6, 6.07) is 0. The van der Waals surface area contributed by atoms with E-state index in [2.05, 4.69) is 28.4 Å². The Kier molecular flexibility index (Phi) is 15.4. The number of alkyl carbamates (subject to hydrolysis) is 1. The van der Waals surface area contributed by atoms with Crippen LogP contribution in [0.4, 0.5) is 88.2 Å². The summed E-state index contributed by atoms with van der Waals surface area (Å²) < 4.78 is 268. The van der Waals surface area contributed by atoms with Crippen LogP contribution in [0.2, 0.25) is 0 Å². The molecule has 0 spiro atoms. The van der Waals surface area contributed by atoms with Crippen molar-refractivity contribution in [3.8, 4) is 0 Å². The molecule has 0 saturated heterocycles. The molecule has 0 saturated carbocycles. The van der Waals surface area contributed by atoms with Gasteiger partial charge in [-0.05, 0) is 0 Å². The van der Waals surface area contributed by atoms with E-state index in [1.54, 1.807) is 0 Å². The van der Waals surface area contributed by atoms with Gasteiger partial charge in [0.05, 0.1) is 19.6 Å². The first kappa shape index (κ1) is 45.2. The number of hydrogen-bond donors (Lipinski definition) is 1. The van der Waals surface area contributed by atoms with Crippen molar-refractivity contribution in [2.75, 3.05) is 40.1 Å². The molecule has 0 fully saturated rings. The molecule has 1 N–H and O–H groups in total. The maximum Gasteiger partial charge on any atom is 0.457 e. The molecule has 286 valence electrons. The van der Waals surface area contributed by atoms with Crippen LogP contribution in [0.15, 0.2) is 0 Å². The molecule has 0 aliphatic rings. The van der Waals surface area contributed by atoms with Crippen molar-refractivity contribution in [3.63, 3.8) is 0 Å². The molecule has 4 atom stereocenters. The molecule has 0 aliphatic heterocycles. The third-order valence-corrected chi connectivity index (χ3v) is 5.03. The van der Waals surface area contributed by atoms with Crippen LogP contribution >= 0.6 is 0 Å². The SMILES string of the molecule is COC(COC(F)(CCC(=O)OCCOC(=O)NCC(OC(F)(F)C(F)(OCC(F)(F)F)C(F)(F)F)C(F)(F)F)C(F)(F)F)C(F)(F)F. The molecule has 0 aromatic carbocycles. The lowest BCUT2D eigenvalue weighted by Crippen LogP contribution is -2.62. The van der Waals surface area contributed by atoms with Crippen LogP contribution in [0.5, 0.6) is 0 Å². The maximum absolute atomic E-state index is 14.3. The minimum Gasteiger partial charge on any atom is -0.462 e. The van der Waals surface area contributed by atoms with Crippen molar-refractivity contribution in [2.24, 2.45) is 0 Å². The Balaban J connectivity index is 5.16. The van der Waals surface area contributed by atoms with E-state index in [-0.39, 0.29) is 0 Å². The van der Waals surface area contributed by atoms with Crippen molar-refractivity contribution in [1.29, 1.82) is 0 Å². The van der Waals surface area contributed by atoms with Crippen LogP contribution in [0, 0.1) is 0 Å². The predicted molar refractivity (Wildman–Crippen MR) is 110 cm³/mol. The first-order valence-electron chi connectivity index (χ1n) is 11.9. The normalized spacial score (nSPS) is 17.6. The first-order chi connectivity index (χ1) is 21.2. The first-order valence-corrected chi connectivity index (χ1v) is 11.9. The fraction of sp³-hybridized carbons (Fsp3) is 0.900. The summed E-state index contributed by atoms with van der Waals surface area (Å²) in [5, 5.41) is 0.961. The van der Waals surface area contributed by atoms with Crippen molar-refractivity contribution in [2.45, 2.75) is 73.7 Å². The number of ether oxygens (including phenoxy) is 6. The van der Waals surface area contributed by atoms with Gasteiger partial charge in [0.1, 0.15) is 19.8 Å². The fourth-order valence-electron chi connectivity index (χ4n) is 2.64. The molecule has 0 heterocycles. The molecule has 0 rings (SSSR count). The van der Waals surface area contributed by atoms with Gasteiger partial charge in [-0.25, -0.2) is 9.18 Å². The molecule has 0 aromatic heterocycles. The number of hydrogen-bond acceptors (Lipinski definition) is 8. The number of carbonyl (C=O) groups is 2. The van der Waals surface area contributed by atoms with Gasteiger partial charge in [-0.2, -0.15) is 79.0 Å². The second-order valence-electron chi connectivity index (χ2n) is 8.70. The van der Waals surface area contributed by atoms with Gasteiger partial charge in [0, 0.05) is 13.5 Å². The van der Waals surface area contributed by atoms with Crippen LogP contribution in [0.1, 0.15) is 12.8 Å². The van der Waals surface area contributed by atoms with Crippen molar-refractivity contribution in [3.05, 3.63) is 0 Å². The lowest BCUT2D eigenvalue weighted by molar-refractivity contribution is -0.479. The Hall–Kier alpha value is -2.75. The van der Waals surface area contributed by atoms with Crippen LogP contribution in [-0.2, 0) is 33.2 Å². The molecular formula is C20H20F19NO8. The van der Waals surface area contributed by atoms with E-state index in [0.29, 0.717) is 7.11 Å². The summed E-state index contributed by atoms with van der Waals surface area (Å²) in [6.45, 7) is -10.2. The average Bonchev–Trinajstić information content (AvgIpc) is 2.87. The van der Waals surface area contributed by atoms with Crippen molar-refractivity contribution >= 4 is 12.1 Å². The molecule has 0 aromatic rings. The van der Waals surface area contributed by atoms with Crippen LogP contribution in [-0.4, -0.2) is 113 Å². The van der Waals surface area contributed by atoms with Gasteiger partial charge < -0.3 is 33.7 Å². The molecule has 1 amide bonds. The summed E-state index contributed by atoms with van der Waals surface area (Å²) in [6.07, 6.45) is -50.3. The third kappa shape index (κ3) is 14.0. The Morgan fingerprint density at radius 1 is 0.667 bits per heavy atom. The highest BCUT2D eigenvalue weighted by molar-refractivity contribution is 5.69. The quantitative estimate of drug-likeness (QED) is 0.106. The van der Waals surface area contributed by atoms with E-state index in [9.17, 15) is 93.0 Å². The molecule has 28 heteroatoms. The van der Waals surface area contributed by atoms with E-state index in [1.807, 2.05) is 0 Å².